The highest BCUT2D eigenvalue weighted by atomic mass is 16.8. The summed E-state index contributed by atoms with van der Waals surface area (Å²) in [5.74, 6) is -4.77. The first-order chi connectivity index (χ1) is 41.2. The highest BCUT2D eigenvalue weighted by Crippen LogP contribution is 2.76. The van der Waals surface area contributed by atoms with E-state index in [1.807, 2.05) is 0 Å². The fourth-order valence-corrected chi connectivity index (χ4v) is 17.3. The molecule has 30 unspecified atom stereocenters. The zero-order valence-electron chi connectivity index (χ0n) is 51.3. The molecule has 4 saturated carbocycles. The standard InChI is InChI=1S/C60H94O28/c1-25(64)16-38(68)79-22-33-41(71)44(74)50(83-33)86-48-43(73)40(70)32(21-62)82-53(48)85-37-19-59(9)28(29-17-55(4,5)14-15-60(29,37)54(77)88-52-46(76)47(80-27(3)66)34(84-52)23-78-26(2)65)10-11-36-56(6)18-30(67)49(57(7,24-63)35(56)12-13-58(36,59)8)87-51-45(75)42(72)39(69)31(20-61)81-51/h10,25,29-37,39-53,61-64,67,69-76H,11-24H2,1-9H3. The largest absolute Gasteiger partial charge is 0.463 e. The Labute approximate surface area is 510 Å². The van der Waals surface area contributed by atoms with E-state index in [-0.39, 0.29) is 31.6 Å². The second-order valence-electron chi connectivity index (χ2n) is 28.2. The molecular weight excluding hydrogens is 1170 g/mol. The van der Waals surface area contributed by atoms with Gasteiger partial charge in [0.15, 0.2) is 31.1 Å². The van der Waals surface area contributed by atoms with Gasteiger partial charge in [-0.25, -0.2) is 0 Å². The number of hydrogen-bond acceptors (Lipinski definition) is 28. The average Bonchev–Trinajstić information content (AvgIpc) is 1.09. The number of allylic oxidation sites excluding steroid dienone is 2. The molecule has 502 valence electrons. The summed E-state index contributed by atoms with van der Waals surface area (Å²) >= 11 is 0. The fraction of sp³-hybridized carbons (Fsp3) is 0.900. The van der Waals surface area contributed by atoms with E-state index < -0.39 is 236 Å². The van der Waals surface area contributed by atoms with Crippen LogP contribution in [0.15, 0.2) is 11.6 Å². The maximum Gasteiger partial charge on any atom is 0.317 e. The van der Waals surface area contributed by atoms with Crippen LogP contribution in [0.4, 0.5) is 0 Å². The van der Waals surface area contributed by atoms with Crippen molar-refractivity contribution >= 4 is 23.9 Å². The summed E-state index contributed by atoms with van der Waals surface area (Å²) in [4.78, 5) is 52.9. The molecule has 0 bridgehead atoms. The van der Waals surface area contributed by atoms with Gasteiger partial charge in [-0.05, 0) is 97.7 Å². The third-order valence-electron chi connectivity index (χ3n) is 22.1. The van der Waals surface area contributed by atoms with Crippen LogP contribution in [0, 0.1) is 50.2 Å². The Bertz CT molecular complexity index is 2530. The predicted octanol–water partition coefficient (Wildman–Crippen LogP) is -2.38. The zero-order valence-corrected chi connectivity index (χ0v) is 51.3. The van der Waals surface area contributed by atoms with E-state index in [4.69, 9.17) is 52.1 Å². The zero-order chi connectivity index (χ0) is 64.7. The van der Waals surface area contributed by atoms with Crippen molar-refractivity contribution in [1.29, 1.82) is 0 Å². The second kappa shape index (κ2) is 26.0. The van der Waals surface area contributed by atoms with E-state index in [2.05, 4.69) is 40.7 Å². The van der Waals surface area contributed by atoms with Crippen molar-refractivity contribution in [3.63, 3.8) is 0 Å². The van der Waals surface area contributed by atoms with Gasteiger partial charge < -0.3 is 118 Å². The number of carbonyl (C=O) groups excluding carboxylic acids is 4. The quantitative estimate of drug-likeness (QED) is 0.0295. The van der Waals surface area contributed by atoms with Gasteiger partial charge in [0.1, 0.15) is 91.9 Å². The molecule has 8 fully saturated rings. The van der Waals surface area contributed by atoms with Crippen LogP contribution in [-0.2, 0) is 71.3 Å². The predicted molar refractivity (Wildman–Crippen MR) is 294 cm³/mol. The van der Waals surface area contributed by atoms with Gasteiger partial charge in [-0.15, -0.1) is 0 Å². The third kappa shape index (κ3) is 12.1. The lowest BCUT2D eigenvalue weighted by Crippen LogP contribution is -2.71. The molecular formula is C60H94O28. The molecule has 0 amide bonds. The smallest absolute Gasteiger partial charge is 0.317 e. The second-order valence-corrected chi connectivity index (χ2v) is 28.2. The monoisotopic (exact) mass is 1260 g/mol. The van der Waals surface area contributed by atoms with E-state index in [9.17, 15) is 80.8 Å². The minimum atomic E-state index is -1.99. The number of aliphatic hydroxyl groups excluding tert-OH is 13. The summed E-state index contributed by atoms with van der Waals surface area (Å²) in [5, 5.41) is 145. The Kier molecular flexibility index (Phi) is 20.4. The van der Waals surface area contributed by atoms with Crippen LogP contribution in [0.2, 0.25) is 0 Å². The summed E-state index contributed by atoms with van der Waals surface area (Å²) < 4.78 is 66.1. The molecule has 28 nitrogen and oxygen atoms in total. The molecule has 88 heavy (non-hydrogen) atoms. The van der Waals surface area contributed by atoms with Crippen molar-refractivity contribution in [2.24, 2.45) is 50.2 Å². The molecule has 28 heteroatoms. The van der Waals surface area contributed by atoms with Crippen LogP contribution in [0.3, 0.4) is 0 Å². The summed E-state index contributed by atoms with van der Waals surface area (Å²) in [7, 11) is 0. The van der Waals surface area contributed by atoms with Gasteiger partial charge in [-0.3, -0.25) is 19.2 Å². The van der Waals surface area contributed by atoms with Crippen LogP contribution >= 0.6 is 0 Å². The number of carbonyl (C=O) groups is 4. The van der Waals surface area contributed by atoms with Crippen LogP contribution < -0.4 is 0 Å². The van der Waals surface area contributed by atoms with Crippen LogP contribution in [-0.4, -0.2) is 258 Å². The van der Waals surface area contributed by atoms with Gasteiger partial charge in [0, 0.05) is 19.3 Å². The Hall–Kier alpha value is -3.18. The Morgan fingerprint density at radius 2 is 1.19 bits per heavy atom. The lowest BCUT2D eigenvalue weighted by molar-refractivity contribution is -0.358. The van der Waals surface area contributed by atoms with Crippen LogP contribution in [0.5, 0.6) is 0 Å². The normalized spacial score (nSPS) is 49.2. The minimum absolute atomic E-state index is 0.0311. The molecule has 0 aromatic carbocycles. The first-order valence-electron chi connectivity index (χ1n) is 30.8. The number of hydrogen-bond donors (Lipinski definition) is 13. The number of fused-ring (bicyclic) bond motifs is 7. The van der Waals surface area contributed by atoms with Crippen molar-refractivity contribution < 1.29 is 138 Å². The Morgan fingerprint density at radius 3 is 1.82 bits per heavy atom. The SMILES string of the molecule is CC(=O)OCC1OC(OC(=O)C23CCC(C)(C)CC2C2=CCC4C5(C)CC(O)C(OC6OC(CO)C(O)C(O)C6O)C(C)(CO)C5CCC4(C)C2(C)CC3OC2OC(CO)C(O)C(O)C2OC2OC(COC(=O)CC(C)O)C(O)C2O)C(O)C1OC(C)=O. The maximum absolute atomic E-state index is 16.1. The topological polar surface area (TPSA) is 433 Å². The first-order valence-corrected chi connectivity index (χ1v) is 30.8. The molecule has 4 heterocycles. The number of aliphatic hydroxyl groups is 13. The van der Waals surface area contributed by atoms with Crippen molar-refractivity contribution in [1.82, 2.24) is 0 Å². The molecule has 4 saturated heterocycles. The van der Waals surface area contributed by atoms with E-state index in [0.29, 0.717) is 32.1 Å². The summed E-state index contributed by atoms with van der Waals surface area (Å²) in [6, 6.07) is 0. The molecule has 0 aromatic heterocycles. The highest BCUT2D eigenvalue weighted by Gasteiger charge is 2.74. The molecule has 0 aromatic rings. The summed E-state index contributed by atoms with van der Waals surface area (Å²) in [6.07, 6.45) is -31.5. The molecule has 5 aliphatic carbocycles. The van der Waals surface area contributed by atoms with Gasteiger partial charge in [0.05, 0.1) is 50.7 Å². The molecule has 13 N–H and O–H groups in total. The highest BCUT2D eigenvalue weighted by molar-refractivity contribution is 5.80. The van der Waals surface area contributed by atoms with Gasteiger partial charge >= 0.3 is 23.9 Å². The van der Waals surface area contributed by atoms with Crippen LogP contribution in [0.25, 0.3) is 0 Å². The van der Waals surface area contributed by atoms with E-state index >= 15 is 4.79 Å². The Morgan fingerprint density at radius 1 is 0.602 bits per heavy atom. The van der Waals surface area contributed by atoms with Gasteiger partial charge in [0.2, 0.25) is 6.29 Å². The van der Waals surface area contributed by atoms with Gasteiger partial charge in [0.25, 0.3) is 0 Å². The third-order valence-corrected chi connectivity index (χ3v) is 22.1. The van der Waals surface area contributed by atoms with E-state index in [0.717, 1.165) is 19.4 Å². The maximum atomic E-state index is 16.1. The van der Waals surface area contributed by atoms with Gasteiger partial charge in [-0.1, -0.05) is 53.2 Å². The Balaban J connectivity index is 1.12. The average molecular weight is 1260 g/mol. The minimum Gasteiger partial charge on any atom is -0.463 e. The fourth-order valence-electron chi connectivity index (χ4n) is 17.3. The molecule has 30 atom stereocenters. The lowest BCUT2D eigenvalue weighted by Gasteiger charge is -2.72. The molecule has 9 rings (SSSR count). The molecule has 0 radical (unpaired) electrons. The van der Waals surface area contributed by atoms with Crippen molar-refractivity contribution in [2.75, 3.05) is 33.0 Å². The number of ether oxygens (including phenoxy) is 11. The summed E-state index contributed by atoms with van der Waals surface area (Å²) in [6.45, 7) is 12.6. The lowest BCUT2D eigenvalue weighted by atomic mass is 9.33. The van der Waals surface area contributed by atoms with Crippen molar-refractivity contribution in [3.05, 3.63) is 11.6 Å². The first kappa shape index (κ1) is 69.2. The van der Waals surface area contributed by atoms with Gasteiger partial charge in [-0.2, -0.15) is 0 Å². The van der Waals surface area contributed by atoms with E-state index in [1.54, 1.807) is 6.92 Å². The number of esters is 4. The van der Waals surface area contributed by atoms with E-state index in [1.165, 1.54) is 6.92 Å². The van der Waals surface area contributed by atoms with Crippen molar-refractivity contribution in [2.45, 2.75) is 255 Å². The molecule has 4 aliphatic heterocycles. The van der Waals surface area contributed by atoms with Crippen molar-refractivity contribution in [3.8, 4) is 0 Å². The summed E-state index contributed by atoms with van der Waals surface area (Å²) in [5.41, 5.74) is -5.17. The number of rotatable bonds is 18. The molecule has 9 aliphatic rings. The van der Waals surface area contributed by atoms with Crippen LogP contribution in [0.1, 0.15) is 120 Å². The molecule has 0 spiro atoms.